The van der Waals surface area contributed by atoms with E-state index >= 15 is 0 Å². The fourth-order valence-corrected chi connectivity index (χ4v) is 4.83. The van der Waals surface area contributed by atoms with Crippen molar-refractivity contribution in [3.05, 3.63) is 72.6 Å². The van der Waals surface area contributed by atoms with Crippen LogP contribution in [0.5, 0.6) is 5.75 Å². The van der Waals surface area contributed by atoms with Gasteiger partial charge in [0.05, 0.1) is 11.1 Å². The highest BCUT2D eigenvalue weighted by Gasteiger charge is 2.17. The van der Waals surface area contributed by atoms with Crippen LogP contribution >= 0.6 is 47.8 Å². The third-order valence-corrected chi connectivity index (χ3v) is 7.01. The van der Waals surface area contributed by atoms with E-state index in [-0.39, 0.29) is 11.7 Å². The molecule has 0 fully saturated rings. The number of phenols is 1. The number of fused-ring (bicyclic) bond motifs is 1. The Bertz CT molecular complexity index is 1310. The number of hydrogen-bond donors (Lipinski definition) is 2. The van der Waals surface area contributed by atoms with Gasteiger partial charge in [-0.15, -0.1) is 0 Å². The lowest BCUT2D eigenvalue weighted by Gasteiger charge is -2.10. The van der Waals surface area contributed by atoms with Crippen LogP contribution in [0.3, 0.4) is 0 Å². The molecule has 0 radical (unpaired) electrons. The Hall–Kier alpha value is -2.16. The summed E-state index contributed by atoms with van der Waals surface area (Å²) >= 11 is 10.2. The molecule has 0 atom stereocenters. The Morgan fingerprint density at radius 3 is 2.60 bits per heavy atom. The minimum atomic E-state index is -0.301. The summed E-state index contributed by atoms with van der Waals surface area (Å²) in [6, 6.07) is 12.3. The molecule has 3 aromatic carbocycles. The Morgan fingerprint density at radius 2 is 1.83 bits per heavy atom. The van der Waals surface area contributed by atoms with Crippen molar-refractivity contribution >= 4 is 70.5 Å². The number of nitrogens with zero attached hydrogens (tertiary/aromatic N) is 1. The number of anilines is 1. The molecular weight excluding hydrogens is 580 g/mol. The second kappa shape index (κ2) is 8.17. The zero-order chi connectivity index (χ0) is 21.6. The zero-order valence-electron chi connectivity index (χ0n) is 15.9. The Morgan fingerprint density at radius 1 is 1.07 bits per heavy atom. The first-order chi connectivity index (χ1) is 14.2. The van der Waals surface area contributed by atoms with Gasteiger partial charge in [0.2, 0.25) is 5.89 Å². The van der Waals surface area contributed by atoms with Gasteiger partial charge in [0.1, 0.15) is 11.3 Å². The summed E-state index contributed by atoms with van der Waals surface area (Å²) in [7, 11) is 0. The number of aromatic nitrogens is 1. The SMILES string of the molecule is Cc1cc(C)c2oc(-c3cc(NC(=O)c4cc(Br)cc(Br)c4Br)ccc3O)nc2c1. The molecule has 8 heteroatoms. The van der Waals surface area contributed by atoms with E-state index in [0.29, 0.717) is 32.8 Å². The number of rotatable bonds is 3. The number of aryl methyl sites for hydroxylation is 2. The maximum Gasteiger partial charge on any atom is 0.256 e. The van der Waals surface area contributed by atoms with Gasteiger partial charge in [0, 0.05) is 19.1 Å². The number of benzene rings is 3. The average molecular weight is 595 g/mol. The van der Waals surface area contributed by atoms with Crippen molar-refractivity contribution in [2.75, 3.05) is 5.32 Å². The number of oxazole rings is 1. The minimum absolute atomic E-state index is 0.0142. The largest absolute Gasteiger partial charge is 0.507 e. The van der Waals surface area contributed by atoms with E-state index < -0.39 is 0 Å². The number of hydrogen-bond acceptors (Lipinski definition) is 4. The first-order valence-electron chi connectivity index (χ1n) is 8.90. The summed E-state index contributed by atoms with van der Waals surface area (Å²) in [6.45, 7) is 3.95. The van der Waals surface area contributed by atoms with Crippen molar-refractivity contribution in [3.63, 3.8) is 0 Å². The van der Waals surface area contributed by atoms with Crippen LogP contribution in [0.1, 0.15) is 21.5 Å². The summed E-state index contributed by atoms with van der Waals surface area (Å²) in [5, 5.41) is 13.2. The predicted octanol–water partition coefficient (Wildman–Crippen LogP) is 7.36. The van der Waals surface area contributed by atoms with E-state index in [9.17, 15) is 9.90 Å². The van der Waals surface area contributed by atoms with Gasteiger partial charge in [-0.2, -0.15) is 0 Å². The smallest absolute Gasteiger partial charge is 0.256 e. The summed E-state index contributed by atoms with van der Waals surface area (Å²) in [6.07, 6.45) is 0. The predicted molar refractivity (Wildman–Crippen MR) is 128 cm³/mol. The van der Waals surface area contributed by atoms with Crippen molar-refractivity contribution in [2.24, 2.45) is 0 Å². The minimum Gasteiger partial charge on any atom is -0.507 e. The van der Waals surface area contributed by atoms with Crippen LogP contribution in [-0.2, 0) is 0 Å². The van der Waals surface area contributed by atoms with E-state index in [0.717, 1.165) is 25.6 Å². The van der Waals surface area contributed by atoms with Gasteiger partial charge in [0.25, 0.3) is 5.91 Å². The molecule has 1 heterocycles. The van der Waals surface area contributed by atoms with Crippen molar-refractivity contribution in [1.29, 1.82) is 0 Å². The molecule has 0 saturated carbocycles. The molecule has 0 saturated heterocycles. The fraction of sp³-hybridized carbons (Fsp3) is 0.0909. The van der Waals surface area contributed by atoms with Crippen molar-refractivity contribution in [2.45, 2.75) is 13.8 Å². The Labute approximate surface area is 197 Å². The molecule has 1 aromatic heterocycles. The van der Waals surface area contributed by atoms with Crippen LogP contribution in [0, 0.1) is 13.8 Å². The quantitative estimate of drug-likeness (QED) is 0.192. The number of aromatic hydroxyl groups is 1. The lowest BCUT2D eigenvalue weighted by atomic mass is 10.1. The first-order valence-corrected chi connectivity index (χ1v) is 11.3. The normalized spacial score (nSPS) is 11.1. The van der Waals surface area contributed by atoms with Crippen molar-refractivity contribution in [3.8, 4) is 17.2 Å². The number of halogens is 3. The van der Waals surface area contributed by atoms with Gasteiger partial charge >= 0.3 is 0 Å². The highest BCUT2D eigenvalue weighted by Crippen LogP contribution is 2.35. The second-order valence-corrected chi connectivity index (χ2v) is 9.45. The summed E-state index contributed by atoms with van der Waals surface area (Å²) in [4.78, 5) is 17.3. The topological polar surface area (TPSA) is 75.4 Å². The molecule has 5 nitrogen and oxygen atoms in total. The third kappa shape index (κ3) is 4.04. The van der Waals surface area contributed by atoms with Crippen LogP contribution in [-0.4, -0.2) is 16.0 Å². The van der Waals surface area contributed by atoms with E-state index in [4.69, 9.17) is 4.42 Å². The van der Waals surface area contributed by atoms with E-state index in [1.807, 2.05) is 32.0 Å². The van der Waals surface area contributed by atoms with Gasteiger partial charge < -0.3 is 14.8 Å². The Kier molecular flexibility index (Phi) is 5.74. The number of carbonyl (C=O) groups is 1. The lowest BCUT2D eigenvalue weighted by molar-refractivity contribution is 0.102. The molecule has 152 valence electrons. The molecule has 0 spiro atoms. The molecule has 0 aliphatic rings. The number of carbonyl (C=O) groups excluding carboxylic acids is 1. The maximum absolute atomic E-state index is 12.8. The van der Waals surface area contributed by atoms with Crippen LogP contribution in [0.4, 0.5) is 5.69 Å². The first kappa shape index (κ1) is 21.1. The molecule has 4 rings (SSSR count). The molecule has 0 aliphatic heterocycles. The standard InChI is InChI=1S/C22H15Br3N2O3/c1-10-5-11(2)20-17(6-10)27-22(30-20)14-9-13(3-4-18(14)28)26-21(29)15-7-12(23)8-16(24)19(15)25/h3-9,28H,1-2H3,(H,26,29). The summed E-state index contributed by atoms with van der Waals surface area (Å²) in [5.74, 6) is 0.00328. The highest BCUT2D eigenvalue weighted by atomic mass is 79.9. The zero-order valence-corrected chi connectivity index (χ0v) is 20.6. The second-order valence-electron chi connectivity index (χ2n) is 6.88. The Balaban J connectivity index is 1.71. The number of phenolic OH excluding ortho intramolecular Hbond substituents is 1. The van der Waals surface area contributed by atoms with Crippen molar-refractivity contribution < 1.29 is 14.3 Å². The van der Waals surface area contributed by atoms with Gasteiger partial charge in [-0.1, -0.05) is 22.0 Å². The molecule has 0 aliphatic carbocycles. The van der Waals surface area contributed by atoms with Crippen LogP contribution < -0.4 is 5.32 Å². The molecule has 2 N–H and O–H groups in total. The van der Waals surface area contributed by atoms with Crippen LogP contribution in [0.15, 0.2) is 60.3 Å². The average Bonchev–Trinajstić information content (AvgIpc) is 3.10. The van der Waals surface area contributed by atoms with E-state index in [1.54, 1.807) is 18.2 Å². The van der Waals surface area contributed by atoms with Crippen LogP contribution in [0.2, 0.25) is 0 Å². The fourth-order valence-electron chi connectivity index (χ4n) is 3.20. The molecular formula is C22H15Br3N2O3. The summed E-state index contributed by atoms with van der Waals surface area (Å²) < 4.78 is 8.08. The van der Waals surface area contributed by atoms with Gasteiger partial charge in [-0.25, -0.2) is 4.98 Å². The molecule has 0 bridgehead atoms. The lowest BCUT2D eigenvalue weighted by Crippen LogP contribution is -2.13. The van der Waals surface area contributed by atoms with Gasteiger partial charge in [-0.3, -0.25) is 4.79 Å². The van der Waals surface area contributed by atoms with Crippen LogP contribution in [0.25, 0.3) is 22.6 Å². The van der Waals surface area contributed by atoms with E-state index in [1.165, 1.54) is 6.07 Å². The number of nitrogens with one attached hydrogen (secondary N) is 1. The van der Waals surface area contributed by atoms with Crippen molar-refractivity contribution in [1.82, 2.24) is 4.98 Å². The van der Waals surface area contributed by atoms with Gasteiger partial charge in [0.15, 0.2) is 5.58 Å². The molecule has 4 aromatic rings. The van der Waals surface area contributed by atoms with E-state index in [2.05, 4.69) is 58.1 Å². The monoisotopic (exact) mass is 592 g/mol. The third-order valence-electron chi connectivity index (χ3n) is 4.54. The maximum atomic E-state index is 12.8. The summed E-state index contributed by atoms with van der Waals surface area (Å²) in [5.41, 5.74) is 4.81. The highest BCUT2D eigenvalue weighted by molar-refractivity contribution is 9.13. The van der Waals surface area contributed by atoms with Gasteiger partial charge in [-0.05, 0) is 93.2 Å². The number of amides is 1. The molecule has 30 heavy (non-hydrogen) atoms. The molecule has 1 amide bonds. The molecule has 0 unspecified atom stereocenters.